The molecule has 19 heavy (non-hydrogen) atoms. The predicted molar refractivity (Wildman–Crippen MR) is 80.1 cm³/mol. The van der Waals surface area contributed by atoms with Crippen LogP contribution in [0.15, 0.2) is 17.5 Å². The summed E-state index contributed by atoms with van der Waals surface area (Å²) >= 11 is 6.74. The number of hydrogen-bond donors (Lipinski definition) is 2. The molecule has 0 bridgehead atoms. The summed E-state index contributed by atoms with van der Waals surface area (Å²) in [6.07, 6.45) is 1.12. The zero-order valence-electron chi connectivity index (χ0n) is 10.8. The fourth-order valence-corrected chi connectivity index (χ4v) is 3.28. The smallest absolute Gasteiger partial charge is 0.233 e. The molecule has 4 nitrogen and oxygen atoms in total. The van der Waals surface area contributed by atoms with Crippen LogP contribution >= 0.6 is 23.6 Å². The fourth-order valence-electron chi connectivity index (χ4n) is 2.25. The second-order valence-corrected chi connectivity index (χ2v) is 6.19. The van der Waals surface area contributed by atoms with Crippen LogP contribution < -0.4 is 11.1 Å². The molecule has 0 spiro atoms. The van der Waals surface area contributed by atoms with Crippen molar-refractivity contribution in [2.45, 2.75) is 25.8 Å². The van der Waals surface area contributed by atoms with Crippen LogP contribution in [0.1, 0.15) is 30.7 Å². The van der Waals surface area contributed by atoms with E-state index in [-0.39, 0.29) is 16.9 Å². The van der Waals surface area contributed by atoms with Gasteiger partial charge in [-0.2, -0.15) is 0 Å². The second kappa shape index (κ2) is 5.98. The van der Waals surface area contributed by atoms with Gasteiger partial charge in [0.15, 0.2) is 0 Å². The molecule has 6 heteroatoms. The van der Waals surface area contributed by atoms with E-state index in [0.717, 1.165) is 4.88 Å². The maximum atomic E-state index is 12.5. The number of ether oxygens (including phenoxy) is 1. The molecule has 1 aliphatic rings. The SMILES string of the molecule is CC(NC(=O)C1(C(N)=S)CCOCC1)c1cccs1. The van der Waals surface area contributed by atoms with Gasteiger partial charge in [-0.05, 0) is 31.2 Å². The topological polar surface area (TPSA) is 64.4 Å². The molecule has 1 fully saturated rings. The Morgan fingerprint density at radius 1 is 1.58 bits per heavy atom. The van der Waals surface area contributed by atoms with Crippen molar-refractivity contribution in [1.29, 1.82) is 0 Å². The molecule has 104 valence electrons. The first-order valence-corrected chi connectivity index (χ1v) is 7.57. The first-order chi connectivity index (χ1) is 9.06. The average Bonchev–Trinajstić information content (AvgIpc) is 2.93. The maximum Gasteiger partial charge on any atom is 0.233 e. The molecular weight excluding hydrogens is 280 g/mol. The normalized spacial score (nSPS) is 19.6. The van der Waals surface area contributed by atoms with Gasteiger partial charge in [0, 0.05) is 18.1 Å². The molecule has 1 unspecified atom stereocenters. The van der Waals surface area contributed by atoms with Crippen LogP contribution in [0.25, 0.3) is 0 Å². The molecule has 0 aromatic carbocycles. The maximum absolute atomic E-state index is 12.5. The van der Waals surface area contributed by atoms with E-state index in [1.807, 2.05) is 24.4 Å². The van der Waals surface area contributed by atoms with Gasteiger partial charge in [-0.1, -0.05) is 18.3 Å². The Labute approximate surface area is 122 Å². The summed E-state index contributed by atoms with van der Waals surface area (Å²) in [7, 11) is 0. The van der Waals surface area contributed by atoms with Gasteiger partial charge < -0.3 is 15.8 Å². The highest BCUT2D eigenvalue weighted by Gasteiger charge is 2.43. The van der Waals surface area contributed by atoms with Gasteiger partial charge >= 0.3 is 0 Å². The Morgan fingerprint density at radius 3 is 2.79 bits per heavy atom. The van der Waals surface area contributed by atoms with Crippen molar-refractivity contribution < 1.29 is 9.53 Å². The number of thiophene rings is 1. The summed E-state index contributed by atoms with van der Waals surface area (Å²) in [6.45, 7) is 3.02. The molecule has 1 aromatic rings. The number of carbonyl (C=O) groups excluding carboxylic acids is 1. The van der Waals surface area contributed by atoms with Crippen LogP contribution in [0.2, 0.25) is 0 Å². The number of carbonyl (C=O) groups is 1. The Balaban J connectivity index is 2.10. The second-order valence-electron chi connectivity index (χ2n) is 4.77. The summed E-state index contributed by atoms with van der Waals surface area (Å²) < 4.78 is 5.31. The Hall–Kier alpha value is -0.980. The standard InChI is InChI=1S/C13H18N2O2S2/c1-9(10-3-2-8-19-10)15-12(16)13(11(14)18)4-6-17-7-5-13/h2-3,8-9H,4-7H2,1H3,(H2,14,18)(H,15,16). The highest BCUT2D eigenvalue weighted by molar-refractivity contribution is 7.80. The summed E-state index contributed by atoms with van der Waals surface area (Å²) in [5.74, 6) is -0.0794. The van der Waals surface area contributed by atoms with Gasteiger partial charge in [-0.25, -0.2) is 0 Å². The molecule has 0 saturated carbocycles. The first kappa shape index (κ1) is 14.4. The molecule has 1 atom stereocenters. The number of nitrogens with two attached hydrogens (primary N) is 1. The minimum absolute atomic E-state index is 0.0263. The van der Waals surface area contributed by atoms with Crippen LogP contribution in [-0.2, 0) is 9.53 Å². The number of hydrogen-bond acceptors (Lipinski definition) is 4. The molecule has 3 N–H and O–H groups in total. The van der Waals surface area contributed by atoms with E-state index in [9.17, 15) is 4.79 Å². The van der Waals surface area contributed by atoms with Crippen LogP contribution in [0.3, 0.4) is 0 Å². The quantitative estimate of drug-likeness (QED) is 0.835. The monoisotopic (exact) mass is 298 g/mol. The summed E-state index contributed by atoms with van der Waals surface area (Å²) in [5.41, 5.74) is 5.06. The van der Waals surface area contributed by atoms with Gasteiger partial charge in [0.1, 0.15) is 5.41 Å². The van der Waals surface area contributed by atoms with E-state index < -0.39 is 5.41 Å². The molecule has 0 aliphatic carbocycles. The third-order valence-corrected chi connectivity index (χ3v) is 5.02. The largest absolute Gasteiger partial charge is 0.392 e. The molecule has 1 saturated heterocycles. The molecule has 0 radical (unpaired) electrons. The van der Waals surface area contributed by atoms with Crippen LogP contribution in [0, 0.1) is 5.41 Å². The fraction of sp³-hybridized carbons (Fsp3) is 0.538. The third-order valence-electron chi connectivity index (χ3n) is 3.57. The zero-order valence-corrected chi connectivity index (χ0v) is 12.5. The number of amides is 1. The minimum atomic E-state index is -0.751. The molecular formula is C13H18N2O2S2. The van der Waals surface area contributed by atoms with Crippen molar-refractivity contribution in [1.82, 2.24) is 5.32 Å². The average molecular weight is 298 g/mol. The highest BCUT2D eigenvalue weighted by atomic mass is 32.1. The van der Waals surface area contributed by atoms with Crippen LogP contribution in [0.4, 0.5) is 0 Å². The van der Waals surface area contributed by atoms with Gasteiger partial charge in [-0.3, -0.25) is 4.79 Å². The van der Waals surface area contributed by atoms with Crippen LogP contribution in [0.5, 0.6) is 0 Å². The van der Waals surface area contributed by atoms with Crippen molar-refractivity contribution >= 4 is 34.5 Å². The number of rotatable bonds is 4. The van der Waals surface area contributed by atoms with Gasteiger partial charge in [0.05, 0.1) is 11.0 Å². The van der Waals surface area contributed by atoms with E-state index in [0.29, 0.717) is 26.1 Å². The molecule has 1 aliphatic heterocycles. The summed E-state index contributed by atoms with van der Waals surface area (Å²) in [4.78, 5) is 13.9. The lowest BCUT2D eigenvalue weighted by atomic mass is 9.79. The van der Waals surface area contributed by atoms with Crippen molar-refractivity contribution in [3.63, 3.8) is 0 Å². The van der Waals surface area contributed by atoms with E-state index in [2.05, 4.69) is 5.32 Å². The predicted octanol–water partition coefficient (Wildman–Crippen LogP) is 2.01. The molecule has 2 rings (SSSR count). The lowest BCUT2D eigenvalue weighted by Gasteiger charge is -2.35. The van der Waals surface area contributed by atoms with E-state index >= 15 is 0 Å². The van der Waals surface area contributed by atoms with Crippen molar-refractivity contribution in [3.05, 3.63) is 22.4 Å². The Bertz CT molecular complexity index is 453. The minimum Gasteiger partial charge on any atom is -0.392 e. The number of thiocarbonyl (C=S) groups is 1. The zero-order chi connectivity index (χ0) is 13.9. The highest BCUT2D eigenvalue weighted by Crippen LogP contribution is 2.32. The van der Waals surface area contributed by atoms with E-state index in [1.54, 1.807) is 11.3 Å². The van der Waals surface area contributed by atoms with Crippen LogP contribution in [-0.4, -0.2) is 24.1 Å². The lowest BCUT2D eigenvalue weighted by Crippen LogP contribution is -2.52. The molecule has 1 amide bonds. The summed E-state index contributed by atoms with van der Waals surface area (Å²) in [6, 6.07) is 3.95. The van der Waals surface area contributed by atoms with Gasteiger partial charge in [-0.15, -0.1) is 11.3 Å². The van der Waals surface area contributed by atoms with E-state index in [4.69, 9.17) is 22.7 Å². The van der Waals surface area contributed by atoms with Crippen molar-refractivity contribution in [2.75, 3.05) is 13.2 Å². The Kier molecular flexibility index (Phi) is 4.54. The third kappa shape index (κ3) is 2.96. The van der Waals surface area contributed by atoms with Crippen molar-refractivity contribution in [2.24, 2.45) is 11.1 Å². The van der Waals surface area contributed by atoms with E-state index in [1.165, 1.54) is 0 Å². The Morgan fingerprint density at radius 2 is 2.26 bits per heavy atom. The first-order valence-electron chi connectivity index (χ1n) is 6.28. The molecule has 2 heterocycles. The summed E-state index contributed by atoms with van der Waals surface area (Å²) in [5, 5.41) is 5.02. The van der Waals surface area contributed by atoms with Gasteiger partial charge in [0.2, 0.25) is 5.91 Å². The lowest BCUT2D eigenvalue weighted by molar-refractivity contribution is -0.132. The number of nitrogens with one attached hydrogen (secondary N) is 1. The van der Waals surface area contributed by atoms with Gasteiger partial charge in [0.25, 0.3) is 0 Å². The molecule has 1 aromatic heterocycles. The van der Waals surface area contributed by atoms with Crippen molar-refractivity contribution in [3.8, 4) is 0 Å².